The number of aliphatic hydroxyl groups is 2. The van der Waals surface area contributed by atoms with E-state index in [1.54, 1.807) is 12.0 Å². The Morgan fingerprint density at radius 1 is 1.06 bits per heavy atom. The van der Waals surface area contributed by atoms with Gasteiger partial charge in [-0.1, -0.05) is 61.4 Å². The van der Waals surface area contributed by atoms with Crippen molar-refractivity contribution in [2.24, 2.45) is 5.92 Å². The summed E-state index contributed by atoms with van der Waals surface area (Å²) < 4.78 is 0. The van der Waals surface area contributed by atoms with Gasteiger partial charge in [-0.3, -0.25) is 9.63 Å². The number of nitrogens with zero attached hydrogens (tertiary/aromatic N) is 1. The third kappa shape index (κ3) is 6.53. The summed E-state index contributed by atoms with van der Waals surface area (Å²) in [5.41, 5.74) is 3.59. The van der Waals surface area contributed by atoms with Gasteiger partial charge in [0.15, 0.2) is 0 Å². The van der Waals surface area contributed by atoms with E-state index in [4.69, 9.17) is 4.84 Å². The van der Waals surface area contributed by atoms with Crippen LogP contribution < -0.4 is 5.32 Å². The van der Waals surface area contributed by atoms with Gasteiger partial charge in [0.05, 0.1) is 12.7 Å². The molecule has 0 saturated carbocycles. The summed E-state index contributed by atoms with van der Waals surface area (Å²) in [5, 5.41) is 26.2. The summed E-state index contributed by atoms with van der Waals surface area (Å²) >= 11 is 0. The largest absolute Gasteiger partial charge is 0.396 e. The number of aryl methyl sites for hydroxylation is 1. The molecule has 4 rings (SSSR count). The Kier molecular flexibility index (Phi) is 9.53. The van der Waals surface area contributed by atoms with Gasteiger partial charge in [0, 0.05) is 36.1 Å². The number of unbranched alkanes of at least 4 members (excludes halogenated alkanes) is 3. The molecule has 4 atom stereocenters. The van der Waals surface area contributed by atoms with Crippen molar-refractivity contribution in [3.8, 4) is 0 Å². The molecule has 1 aromatic heterocycles. The van der Waals surface area contributed by atoms with Gasteiger partial charge in [-0.25, -0.2) is 0 Å². The Bertz CT molecular complexity index is 1080. The van der Waals surface area contributed by atoms with Gasteiger partial charge in [0.25, 0.3) is 0 Å². The number of nitrogens with one attached hydrogen (secondary N) is 2. The Morgan fingerprint density at radius 2 is 1.81 bits per heavy atom. The Morgan fingerprint density at radius 3 is 2.58 bits per heavy atom. The van der Waals surface area contributed by atoms with Crippen molar-refractivity contribution in [3.63, 3.8) is 0 Å². The number of aromatic amines is 1. The minimum absolute atomic E-state index is 0.166. The van der Waals surface area contributed by atoms with Crippen molar-refractivity contribution >= 4 is 16.8 Å². The zero-order valence-corrected chi connectivity index (χ0v) is 21.1. The minimum atomic E-state index is -0.778. The molecule has 2 heterocycles. The first-order chi connectivity index (χ1) is 17.6. The first-order valence-corrected chi connectivity index (χ1v) is 13.2. The van der Waals surface area contributed by atoms with Gasteiger partial charge in [0.2, 0.25) is 5.91 Å². The van der Waals surface area contributed by atoms with Crippen LogP contribution in [0, 0.1) is 5.92 Å². The molecular formula is C29H39N3O4. The van der Waals surface area contributed by atoms with Crippen molar-refractivity contribution in [1.82, 2.24) is 15.4 Å². The lowest BCUT2D eigenvalue weighted by molar-refractivity contribution is -0.187. The molecule has 194 valence electrons. The number of fused-ring (bicyclic) bond motifs is 1. The number of hydrogen-bond acceptors (Lipinski definition) is 5. The van der Waals surface area contributed by atoms with E-state index >= 15 is 0 Å². The fraction of sp³-hybridized carbons (Fsp3) is 0.483. The lowest BCUT2D eigenvalue weighted by Crippen LogP contribution is -2.48. The van der Waals surface area contributed by atoms with Crippen molar-refractivity contribution in [1.29, 1.82) is 0 Å². The highest BCUT2D eigenvalue weighted by Gasteiger charge is 2.48. The zero-order valence-electron chi connectivity index (χ0n) is 21.1. The highest BCUT2D eigenvalue weighted by Crippen LogP contribution is 2.30. The molecule has 1 aliphatic rings. The molecule has 0 bridgehead atoms. The second kappa shape index (κ2) is 13.0. The Hall–Kier alpha value is -2.71. The molecule has 0 aliphatic carbocycles. The summed E-state index contributed by atoms with van der Waals surface area (Å²) in [6, 6.07) is 18.0. The van der Waals surface area contributed by atoms with E-state index in [0.717, 1.165) is 48.6 Å². The lowest BCUT2D eigenvalue weighted by atomic mass is 9.92. The van der Waals surface area contributed by atoms with E-state index in [1.807, 2.05) is 30.5 Å². The van der Waals surface area contributed by atoms with E-state index in [1.165, 1.54) is 5.56 Å². The van der Waals surface area contributed by atoms with Crippen LogP contribution >= 0.6 is 0 Å². The monoisotopic (exact) mass is 493 g/mol. The highest BCUT2D eigenvalue weighted by atomic mass is 16.7. The first kappa shape index (κ1) is 26.4. The van der Waals surface area contributed by atoms with E-state index in [2.05, 4.69) is 40.6 Å². The molecule has 1 amide bonds. The molecule has 0 radical (unpaired) electrons. The number of carbonyl (C=O) groups is 1. The summed E-state index contributed by atoms with van der Waals surface area (Å²) in [7, 11) is 0. The van der Waals surface area contributed by atoms with Crippen LogP contribution in [0.15, 0.2) is 60.8 Å². The van der Waals surface area contributed by atoms with Crippen LogP contribution in [0.1, 0.15) is 43.7 Å². The molecule has 2 aromatic carbocycles. The molecule has 1 saturated heterocycles. The summed E-state index contributed by atoms with van der Waals surface area (Å²) in [6.45, 7) is 2.50. The number of rotatable bonds is 13. The Labute approximate surface area is 213 Å². The lowest BCUT2D eigenvalue weighted by Gasteiger charge is -2.24. The molecule has 7 nitrogen and oxygen atoms in total. The number of aromatic nitrogens is 1. The van der Waals surface area contributed by atoms with Crippen LogP contribution in [0.5, 0.6) is 0 Å². The third-order valence-corrected chi connectivity index (χ3v) is 7.16. The predicted molar refractivity (Wildman–Crippen MR) is 141 cm³/mol. The summed E-state index contributed by atoms with van der Waals surface area (Å²) in [6.07, 6.45) is 6.53. The minimum Gasteiger partial charge on any atom is -0.396 e. The van der Waals surface area contributed by atoms with Crippen molar-refractivity contribution in [2.45, 2.75) is 63.7 Å². The van der Waals surface area contributed by atoms with Crippen LogP contribution in [-0.2, 0) is 22.5 Å². The van der Waals surface area contributed by atoms with E-state index in [0.29, 0.717) is 19.5 Å². The smallest absolute Gasteiger partial charge is 0.240 e. The number of hydrogen-bond donors (Lipinski definition) is 4. The zero-order chi connectivity index (χ0) is 25.3. The second-order valence-corrected chi connectivity index (χ2v) is 9.79. The SMILES string of the molecule is C[C@@H](O)[C@H]1ON(CCCCCCc2ccccc2)[C@@H](C(=O)NCCc2c[nH]c3ccccc23)[C@H]1CO. The van der Waals surface area contributed by atoms with Crippen LogP contribution in [-0.4, -0.2) is 64.1 Å². The third-order valence-electron chi connectivity index (χ3n) is 7.16. The number of para-hydroxylation sites is 1. The predicted octanol–water partition coefficient (Wildman–Crippen LogP) is 3.60. The second-order valence-electron chi connectivity index (χ2n) is 9.79. The van der Waals surface area contributed by atoms with Gasteiger partial charge in [-0.2, -0.15) is 5.06 Å². The van der Waals surface area contributed by atoms with Gasteiger partial charge >= 0.3 is 0 Å². The molecule has 1 fully saturated rings. The van der Waals surface area contributed by atoms with Gasteiger partial charge in [0.1, 0.15) is 12.1 Å². The van der Waals surface area contributed by atoms with Gasteiger partial charge < -0.3 is 20.5 Å². The highest BCUT2D eigenvalue weighted by molar-refractivity contribution is 5.84. The molecule has 7 heteroatoms. The molecule has 3 aromatic rings. The molecule has 4 N–H and O–H groups in total. The van der Waals surface area contributed by atoms with Gasteiger partial charge in [-0.15, -0.1) is 0 Å². The first-order valence-electron chi connectivity index (χ1n) is 13.2. The molecular weight excluding hydrogens is 454 g/mol. The van der Waals surface area contributed by atoms with Crippen molar-refractivity contribution in [3.05, 3.63) is 71.9 Å². The van der Waals surface area contributed by atoms with Crippen LogP contribution in [0.2, 0.25) is 0 Å². The average molecular weight is 494 g/mol. The number of H-pyrrole nitrogens is 1. The molecule has 0 unspecified atom stereocenters. The number of carbonyl (C=O) groups excluding carboxylic acids is 1. The normalized spacial score (nSPS) is 21.1. The van der Waals surface area contributed by atoms with Crippen LogP contribution in [0.25, 0.3) is 10.9 Å². The van der Waals surface area contributed by atoms with E-state index < -0.39 is 24.2 Å². The van der Waals surface area contributed by atoms with Crippen molar-refractivity contribution < 1.29 is 19.8 Å². The fourth-order valence-electron chi connectivity index (χ4n) is 5.22. The van der Waals surface area contributed by atoms with E-state index in [9.17, 15) is 15.0 Å². The molecule has 36 heavy (non-hydrogen) atoms. The number of hydroxylamine groups is 2. The Balaban J connectivity index is 1.28. The maximum atomic E-state index is 13.2. The van der Waals surface area contributed by atoms with E-state index in [-0.39, 0.29) is 12.5 Å². The summed E-state index contributed by atoms with van der Waals surface area (Å²) in [4.78, 5) is 22.5. The van der Waals surface area contributed by atoms with Crippen LogP contribution in [0.3, 0.4) is 0 Å². The standard InChI is InChI=1S/C29H39N3O4/c1-21(34)28-25(20-33)27(29(35)30-17-16-23-19-31-26-15-9-8-14-24(23)26)32(36-28)18-10-3-2-5-11-22-12-6-4-7-13-22/h4,6-9,12-15,19,21,25,27-28,31,33-34H,2-3,5,10-11,16-18,20H2,1H3,(H,30,35)/t21-,25-,27-,28-/m1/s1. The maximum Gasteiger partial charge on any atom is 0.240 e. The summed E-state index contributed by atoms with van der Waals surface area (Å²) in [5.74, 6) is -0.641. The number of benzene rings is 2. The fourth-order valence-corrected chi connectivity index (χ4v) is 5.22. The molecule has 1 aliphatic heterocycles. The van der Waals surface area contributed by atoms with Crippen molar-refractivity contribution in [2.75, 3.05) is 19.7 Å². The van der Waals surface area contributed by atoms with Gasteiger partial charge in [-0.05, 0) is 49.8 Å². The number of aliphatic hydroxyl groups excluding tert-OH is 2. The topological polar surface area (TPSA) is 97.8 Å². The maximum absolute atomic E-state index is 13.2. The quantitative estimate of drug-likeness (QED) is 0.273. The number of amides is 1. The molecule has 0 spiro atoms. The van der Waals surface area contributed by atoms with Crippen LogP contribution in [0.4, 0.5) is 0 Å². The average Bonchev–Trinajstić information content (AvgIpc) is 3.48.